The van der Waals surface area contributed by atoms with Gasteiger partial charge in [-0.15, -0.1) is 0 Å². The predicted octanol–water partition coefficient (Wildman–Crippen LogP) is 3.78. The van der Waals surface area contributed by atoms with E-state index in [1.807, 2.05) is 18.2 Å². The van der Waals surface area contributed by atoms with Crippen LogP contribution in [0.3, 0.4) is 0 Å². The van der Waals surface area contributed by atoms with Crippen LogP contribution in [0.4, 0.5) is 5.69 Å². The van der Waals surface area contributed by atoms with Crippen LogP contribution in [0.1, 0.15) is 24.5 Å². The quantitative estimate of drug-likeness (QED) is 0.783. The highest BCUT2D eigenvalue weighted by atomic mass is 35.5. The average molecular weight is 374 g/mol. The number of nitrogens with one attached hydrogen (secondary N) is 1. The third kappa shape index (κ3) is 4.76. The first-order chi connectivity index (χ1) is 12.5. The lowest BCUT2D eigenvalue weighted by molar-refractivity contribution is -0.155. The van der Waals surface area contributed by atoms with Gasteiger partial charge >= 0.3 is 5.97 Å². The number of esters is 1. The second-order valence-corrected chi connectivity index (χ2v) is 6.64. The molecule has 1 atom stereocenters. The molecule has 136 valence electrons. The Hall–Kier alpha value is -2.53. The fraction of sp³-hybridized carbons (Fsp3) is 0.300. The minimum absolute atomic E-state index is 0.239. The highest BCUT2D eigenvalue weighted by molar-refractivity contribution is 6.30. The minimum Gasteiger partial charge on any atom is -0.482 e. The van der Waals surface area contributed by atoms with E-state index in [2.05, 4.69) is 5.32 Å². The molecule has 0 saturated heterocycles. The first kappa shape index (κ1) is 18.3. The number of aryl methyl sites for hydroxylation is 2. The second kappa shape index (κ2) is 8.23. The molecule has 0 aromatic heterocycles. The molecule has 1 amide bonds. The largest absolute Gasteiger partial charge is 0.482 e. The molecule has 0 spiro atoms. The van der Waals surface area contributed by atoms with Crippen LogP contribution in [0, 0.1) is 0 Å². The van der Waals surface area contributed by atoms with Crippen LogP contribution in [-0.2, 0) is 27.2 Å². The Morgan fingerprint density at radius 3 is 2.62 bits per heavy atom. The summed E-state index contributed by atoms with van der Waals surface area (Å²) >= 11 is 5.80. The summed E-state index contributed by atoms with van der Waals surface area (Å²) in [6, 6.07) is 12.5. The number of anilines is 1. The van der Waals surface area contributed by atoms with Gasteiger partial charge in [-0.05, 0) is 73.7 Å². The van der Waals surface area contributed by atoms with Gasteiger partial charge in [-0.3, -0.25) is 4.79 Å². The molecular weight excluding hydrogens is 354 g/mol. The lowest BCUT2D eigenvalue weighted by Gasteiger charge is -2.14. The van der Waals surface area contributed by atoms with Crippen LogP contribution in [0.25, 0.3) is 0 Å². The SMILES string of the molecule is C[C@H](OC(=O)COc1ccc2c(c1)CCC2)C(=O)Nc1ccc(Cl)cc1. The van der Waals surface area contributed by atoms with Gasteiger partial charge < -0.3 is 14.8 Å². The molecule has 1 aliphatic rings. The Morgan fingerprint density at radius 1 is 1.12 bits per heavy atom. The summed E-state index contributed by atoms with van der Waals surface area (Å²) in [6.45, 7) is 1.27. The number of carbonyl (C=O) groups is 2. The molecule has 0 unspecified atom stereocenters. The summed E-state index contributed by atoms with van der Waals surface area (Å²) in [5.74, 6) is -0.372. The molecule has 0 radical (unpaired) electrons. The highest BCUT2D eigenvalue weighted by Crippen LogP contribution is 2.26. The van der Waals surface area contributed by atoms with Crippen molar-refractivity contribution in [2.24, 2.45) is 0 Å². The first-order valence-electron chi connectivity index (χ1n) is 8.52. The van der Waals surface area contributed by atoms with Crippen molar-refractivity contribution in [3.05, 3.63) is 58.6 Å². The smallest absolute Gasteiger partial charge is 0.344 e. The van der Waals surface area contributed by atoms with Crippen LogP contribution < -0.4 is 10.1 Å². The molecule has 26 heavy (non-hydrogen) atoms. The van der Waals surface area contributed by atoms with E-state index >= 15 is 0 Å². The number of ether oxygens (including phenoxy) is 2. The van der Waals surface area contributed by atoms with E-state index < -0.39 is 18.0 Å². The van der Waals surface area contributed by atoms with Gasteiger partial charge in [-0.1, -0.05) is 17.7 Å². The molecular formula is C20H20ClNO4. The van der Waals surface area contributed by atoms with Gasteiger partial charge in [-0.2, -0.15) is 0 Å². The van der Waals surface area contributed by atoms with E-state index in [4.69, 9.17) is 21.1 Å². The van der Waals surface area contributed by atoms with Crippen molar-refractivity contribution in [3.8, 4) is 5.75 Å². The molecule has 0 saturated carbocycles. The molecule has 1 N–H and O–H groups in total. The minimum atomic E-state index is -0.929. The number of amides is 1. The Morgan fingerprint density at radius 2 is 1.85 bits per heavy atom. The van der Waals surface area contributed by atoms with Gasteiger partial charge in [-0.25, -0.2) is 4.79 Å². The Kier molecular flexibility index (Phi) is 5.78. The van der Waals surface area contributed by atoms with Gasteiger partial charge in [0.05, 0.1) is 0 Å². The van der Waals surface area contributed by atoms with E-state index in [1.165, 1.54) is 18.1 Å². The van der Waals surface area contributed by atoms with Crippen LogP contribution in [0.15, 0.2) is 42.5 Å². The summed E-state index contributed by atoms with van der Waals surface area (Å²) in [4.78, 5) is 24.0. The zero-order chi connectivity index (χ0) is 18.5. The van der Waals surface area contributed by atoms with Gasteiger partial charge in [0, 0.05) is 10.7 Å². The lowest BCUT2D eigenvalue weighted by atomic mass is 10.1. The van der Waals surface area contributed by atoms with Crippen molar-refractivity contribution in [2.45, 2.75) is 32.3 Å². The second-order valence-electron chi connectivity index (χ2n) is 6.20. The van der Waals surface area contributed by atoms with Crippen molar-refractivity contribution >= 4 is 29.2 Å². The number of halogens is 1. The molecule has 1 aliphatic carbocycles. The number of carbonyl (C=O) groups excluding carboxylic acids is 2. The number of rotatable bonds is 6. The van der Waals surface area contributed by atoms with E-state index in [9.17, 15) is 9.59 Å². The maximum atomic E-state index is 12.1. The van der Waals surface area contributed by atoms with E-state index in [-0.39, 0.29) is 6.61 Å². The van der Waals surface area contributed by atoms with Crippen LogP contribution in [0.5, 0.6) is 5.75 Å². The summed E-state index contributed by atoms with van der Waals surface area (Å²) < 4.78 is 10.6. The van der Waals surface area contributed by atoms with Crippen LogP contribution in [0.2, 0.25) is 5.02 Å². The third-order valence-electron chi connectivity index (χ3n) is 4.22. The van der Waals surface area contributed by atoms with Crippen molar-refractivity contribution in [1.82, 2.24) is 0 Å². The zero-order valence-electron chi connectivity index (χ0n) is 14.5. The van der Waals surface area contributed by atoms with Crippen molar-refractivity contribution in [2.75, 3.05) is 11.9 Å². The summed E-state index contributed by atoms with van der Waals surface area (Å²) in [5, 5.41) is 3.24. The third-order valence-corrected chi connectivity index (χ3v) is 4.47. The van der Waals surface area contributed by atoms with E-state index in [1.54, 1.807) is 24.3 Å². The maximum absolute atomic E-state index is 12.1. The monoisotopic (exact) mass is 373 g/mol. The molecule has 0 bridgehead atoms. The Bertz CT molecular complexity index is 804. The molecule has 6 heteroatoms. The molecule has 2 aromatic carbocycles. The van der Waals surface area contributed by atoms with Crippen molar-refractivity contribution in [3.63, 3.8) is 0 Å². The van der Waals surface area contributed by atoms with Crippen LogP contribution >= 0.6 is 11.6 Å². The molecule has 0 aliphatic heterocycles. The number of fused-ring (bicyclic) bond motifs is 1. The topological polar surface area (TPSA) is 64.6 Å². The van der Waals surface area contributed by atoms with Gasteiger partial charge in [0.15, 0.2) is 12.7 Å². The highest BCUT2D eigenvalue weighted by Gasteiger charge is 2.19. The standard InChI is InChI=1S/C20H20ClNO4/c1-13(20(24)22-17-8-6-16(21)7-9-17)26-19(23)12-25-18-10-5-14-3-2-4-15(14)11-18/h5-11,13H,2-4,12H2,1H3,(H,22,24)/t13-/m0/s1. The number of hydrogen-bond donors (Lipinski definition) is 1. The summed E-state index contributed by atoms with van der Waals surface area (Å²) in [7, 11) is 0. The zero-order valence-corrected chi connectivity index (χ0v) is 15.2. The molecule has 0 heterocycles. The first-order valence-corrected chi connectivity index (χ1v) is 8.89. The van der Waals surface area contributed by atoms with Crippen molar-refractivity contribution < 1.29 is 19.1 Å². The van der Waals surface area contributed by atoms with Gasteiger partial charge in [0.25, 0.3) is 5.91 Å². The maximum Gasteiger partial charge on any atom is 0.344 e. The molecule has 2 aromatic rings. The Balaban J connectivity index is 1.46. The van der Waals surface area contributed by atoms with Gasteiger partial charge in [0.2, 0.25) is 0 Å². The Labute approximate surface area is 157 Å². The fourth-order valence-corrected chi connectivity index (χ4v) is 2.97. The average Bonchev–Trinajstić information content (AvgIpc) is 3.09. The number of hydrogen-bond acceptors (Lipinski definition) is 4. The van der Waals surface area contributed by atoms with Crippen LogP contribution in [-0.4, -0.2) is 24.6 Å². The lowest BCUT2D eigenvalue weighted by Crippen LogP contribution is -2.31. The summed E-state index contributed by atoms with van der Waals surface area (Å²) in [6.07, 6.45) is 2.36. The number of benzene rings is 2. The van der Waals surface area contributed by atoms with E-state index in [0.29, 0.717) is 16.5 Å². The molecule has 5 nitrogen and oxygen atoms in total. The normalized spacial score (nSPS) is 13.6. The fourth-order valence-electron chi connectivity index (χ4n) is 2.84. The molecule has 0 fully saturated rings. The van der Waals surface area contributed by atoms with Gasteiger partial charge in [0.1, 0.15) is 5.75 Å². The summed E-state index contributed by atoms with van der Waals surface area (Å²) in [5.41, 5.74) is 3.19. The van der Waals surface area contributed by atoms with Crippen molar-refractivity contribution in [1.29, 1.82) is 0 Å². The van der Waals surface area contributed by atoms with E-state index in [0.717, 1.165) is 19.3 Å². The predicted molar refractivity (Wildman–Crippen MR) is 99.6 cm³/mol. The molecule has 3 rings (SSSR count).